The zero-order chi connectivity index (χ0) is 16.1. The van der Waals surface area contributed by atoms with Gasteiger partial charge in [-0.2, -0.15) is 0 Å². The molecular formula is C18H16N2O2S. The summed E-state index contributed by atoms with van der Waals surface area (Å²) in [7, 11) is 0. The van der Waals surface area contributed by atoms with Gasteiger partial charge in [-0.1, -0.05) is 30.3 Å². The van der Waals surface area contributed by atoms with Crippen molar-refractivity contribution < 1.29 is 9.21 Å². The molecule has 3 aromatic rings. The molecule has 1 amide bonds. The first kappa shape index (κ1) is 15.2. The summed E-state index contributed by atoms with van der Waals surface area (Å²) in [6, 6.07) is 13.1. The first-order valence-corrected chi connectivity index (χ1v) is 8.09. The van der Waals surface area contributed by atoms with Crippen LogP contribution in [0.4, 0.5) is 0 Å². The number of aryl methyl sites for hydroxylation is 1. The van der Waals surface area contributed by atoms with E-state index in [9.17, 15) is 4.79 Å². The number of furan rings is 1. The lowest BCUT2D eigenvalue weighted by Crippen LogP contribution is -2.27. The number of carbonyl (C=O) groups excluding carboxylic acids is 1. The van der Waals surface area contributed by atoms with Crippen molar-refractivity contribution in [2.45, 2.75) is 13.0 Å². The van der Waals surface area contributed by atoms with Gasteiger partial charge in [0.1, 0.15) is 11.8 Å². The smallest absolute Gasteiger partial charge is 0.244 e. The molecule has 0 radical (unpaired) electrons. The minimum absolute atomic E-state index is 0.194. The Bertz CT molecular complexity index is 792. The van der Waals surface area contributed by atoms with E-state index in [0.717, 1.165) is 16.3 Å². The molecule has 0 fully saturated rings. The number of hydrogen-bond donors (Lipinski definition) is 1. The van der Waals surface area contributed by atoms with Gasteiger partial charge in [-0.3, -0.25) is 4.79 Å². The summed E-state index contributed by atoms with van der Waals surface area (Å²) in [5, 5.41) is 5.86. The maximum atomic E-state index is 12.2. The molecule has 1 aromatic carbocycles. The lowest BCUT2D eigenvalue weighted by atomic mass is 10.0. The maximum absolute atomic E-state index is 12.2. The molecule has 1 atom stereocenters. The van der Waals surface area contributed by atoms with Crippen LogP contribution in [0.1, 0.15) is 28.1 Å². The van der Waals surface area contributed by atoms with Crippen LogP contribution in [0.3, 0.4) is 0 Å². The zero-order valence-corrected chi connectivity index (χ0v) is 13.4. The largest absolute Gasteiger partial charge is 0.467 e. The van der Waals surface area contributed by atoms with Gasteiger partial charge in [-0.15, -0.1) is 11.3 Å². The van der Waals surface area contributed by atoms with Gasteiger partial charge in [-0.25, -0.2) is 4.98 Å². The van der Waals surface area contributed by atoms with Crippen LogP contribution in [0.15, 0.2) is 64.6 Å². The summed E-state index contributed by atoms with van der Waals surface area (Å²) < 4.78 is 5.47. The highest BCUT2D eigenvalue weighted by Gasteiger charge is 2.18. The first-order valence-electron chi connectivity index (χ1n) is 7.21. The molecule has 0 saturated carbocycles. The third kappa shape index (κ3) is 3.96. The molecule has 1 N–H and O–H groups in total. The first-order chi connectivity index (χ1) is 11.2. The van der Waals surface area contributed by atoms with Crippen molar-refractivity contribution in [3.63, 3.8) is 0 Å². The summed E-state index contributed by atoms with van der Waals surface area (Å²) in [5.74, 6) is 0.503. The fourth-order valence-corrected chi connectivity index (χ4v) is 2.81. The summed E-state index contributed by atoms with van der Waals surface area (Å²) in [4.78, 5) is 16.5. The van der Waals surface area contributed by atoms with E-state index in [2.05, 4.69) is 10.3 Å². The molecule has 0 aliphatic heterocycles. The van der Waals surface area contributed by atoms with Crippen molar-refractivity contribution in [2.24, 2.45) is 0 Å². The number of rotatable bonds is 5. The van der Waals surface area contributed by atoms with Crippen LogP contribution in [0.2, 0.25) is 0 Å². The van der Waals surface area contributed by atoms with E-state index in [1.807, 2.05) is 54.8 Å². The minimum Gasteiger partial charge on any atom is -0.467 e. The van der Waals surface area contributed by atoms with Crippen molar-refractivity contribution in [2.75, 3.05) is 0 Å². The topological polar surface area (TPSA) is 55.1 Å². The molecule has 0 spiro atoms. The molecule has 4 nitrogen and oxygen atoms in total. The number of benzene rings is 1. The summed E-state index contributed by atoms with van der Waals surface area (Å²) in [6.07, 6.45) is 4.81. The second-order valence-electron chi connectivity index (χ2n) is 4.99. The van der Waals surface area contributed by atoms with Gasteiger partial charge in [0.25, 0.3) is 0 Å². The van der Waals surface area contributed by atoms with E-state index in [4.69, 9.17) is 4.42 Å². The number of aromatic nitrogens is 1. The number of amides is 1. The van der Waals surface area contributed by atoms with Crippen LogP contribution in [0.25, 0.3) is 6.08 Å². The molecule has 0 aliphatic rings. The van der Waals surface area contributed by atoms with E-state index >= 15 is 0 Å². The highest BCUT2D eigenvalue weighted by atomic mass is 32.1. The summed E-state index contributed by atoms with van der Waals surface area (Å²) in [6.45, 7) is 1.93. The number of nitrogens with one attached hydrogen (secondary N) is 1. The SMILES string of the molecule is Cc1nc(/C=C/C(=O)NC(c2ccccc2)c2ccco2)cs1. The fraction of sp³-hybridized carbons (Fsp3) is 0.111. The zero-order valence-electron chi connectivity index (χ0n) is 12.6. The van der Waals surface area contributed by atoms with Crippen LogP contribution >= 0.6 is 11.3 Å². The Morgan fingerprint density at radius 3 is 2.74 bits per heavy atom. The number of nitrogens with zero attached hydrogens (tertiary/aromatic N) is 1. The van der Waals surface area contributed by atoms with E-state index in [1.165, 1.54) is 6.08 Å². The second kappa shape index (κ2) is 7.07. The van der Waals surface area contributed by atoms with Gasteiger partial charge in [0.15, 0.2) is 0 Å². The van der Waals surface area contributed by atoms with Crippen LogP contribution in [-0.4, -0.2) is 10.9 Å². The lowest BCUT2D eigenvalue weighted by molar-refractivity contribution is -0.117. The monoisotopic (exact) mass is 324 g/mol. The standard InChI is InChI=1S/C18H16N2O2S/c1-13-19-15(12-23-13)9-10-17(21)20-18(16-8-5-11-22-16)14-6-3-2-4-7-14/h2-12,18H,1H3,(H,20,21)/b10-9+. The van der Waals surface area contributed by atoms with Crippen molar-refractivity contribution in [1.82, 2.24) is 10.3 Å². The van der Waals surface area contributed by atoms with Crippen LogP contribution in [0.5, 0.6) is 0 Å². The molecule has 0 aliphatic carbocycles. The predicted octanol–water partition coefficient (Wildman–Crippen LogP) is 3.96. The van der Waals surface area contributed by atoms with Gasteiger partial charge in [-0.05, 0) is 30.7 Å². The number of carbonyl (C=O) groups is 1. The number of hydrogen-bond acceptors (Lipinski definition) is 4. The molecular weight excluding hydrogens is 308 g/mol. The van der Waals surface area contributed by atoms with E-state index in [0.29, 0.717) is 5.76 Å². The number of thiazole rings is 1. The molecule has 0 bridgehead atoms. The Hall–Kier alpha value is -2.66. The van der Waals surface area contributed by atoms with Gasteiger partial charge in [0, 0.05) is 11.5 Å². The molecule has 5 heteroatoms. The lowest BCUT2D eigenvalue weighted by Gasteiger charge is -2.16. The van der Waals surface area contributed by atoms with Crippen molar-refractivity contribution in [1.29, 1.82) is 0 Å². The Labute approximate surface area is 138 Å². The highest BCUT2D eigenvalue weighted by molar-refractivity contribution is 7.09. The molecule has 3 rings (SSSR count). The Morgan fingerprint density at radius 2 is 2.09 bits per heavy atom. The normalized spacial score (nSPS) is 12.4. The Balaban J connectivity index is 1.76. The fourth-order valence-electron chi connectivity index (χ4n) is 2.23. The molecule has 116 valence electrons. The molecule has 23 heavy (non-hydrogen) atoms. The molecule has 1 unspecified atom stereocenters. The van der Waals surface area contributed by atoms with E-state index in [-0.39, 0.29) is 11.9 Å². The van der Waals surface area contributed by atoms with E-state index < -0.39 is 0 Å². The average molecular weight is 324 g/mol. The van der Waals surface area contributed by atoms with Crippen molar-refractivity contribution in [3.8, 4) is 0 Å². The minimum atomic E-state index is -0.319. The van der Waals surface area contributed by atoms with Crippen molar-refractivity contribution >= 4 is 23.3 Å². The van der Waals surface area contributed by atoms with Gasteiger partial charge in [0.2, 0.25) is 5.91 Å². The second-order valence-corrected chi connectivity index (χ2v) is 6.05. The average Bonchev–Trinajstić information content (AvgIpc) is 3.23. The van der Waals surface area contributed by atoms with E-state index in [1.54, 1.807) is 23.7 Å². The quantitative estimate of drug-likeness (QED) is 0.723. The van der Waals surface area contributed by atoms with Gasteiger partial charge in [0.05, 0.1) is 17.0 Å². The Kier molecular flexibility index (Phi) is 4.68. The maximum Gasteiger partial charge on any atom is 0.244 e. The molecule has 0 saturated heterocycles. The van der Waals surface area contributed by atoms with Crippen LogP contribution in [0, 0.1) is 6.92 Å². The van der Waals surface area contributed by atoms with Gasteiger partial charge < -0.3 is 9.73 Å². The third-order valence-corrected chi connectivity index (χ3v) is 4.08. The third-order valence-electron chi connectivity index (χ3n) is 3.29. The summed E-state index contributed by atoms with van der Waals surface area (Å²) >= 11 is 1.56. The summed E-state index contributed by atoms with van der Waals surface area (Å²) in [5.41, 5.74) is 1.76. The highest BCUT2D eigenvalue weighted by Crippen LogP contribution is 2.22. The van der Waals surface area contributed by atoms with Gasteiger partial charge >= 0.3 is 0 Å². The predicted molar refractivity (Wildman–Crippen MR) is 91.0 cm³/mol. The Morgan fingerprint density at radius 1 is 1.26 bits per heavy atom. The van der Waals surface area contributed by atoms with Crippen LogP contribution < -0.4 is 5.32 Å². The molecule has 2 aromatic heterocycles. The van der Waals surface area contributed by atoms with Crippen molar-refractivity contribution in [3.05, 3.63) is 82.2 Å². The van der Waals surface area contributed by atoms with Crippen LogP contribution in [-0.2, 0) is 4.79 Å². The molecule has 2 heterocycles.